The minimum atomic E-state index is -1.08. The van der Waals surface area contributed by atoms with Crippen molar-refractivity contribution < 1.29 is 9.90 Å². The molecule has 0 unspecified atom stereocenters. The van der Waals surface area contributed by atoms with Crippen molar-refractivity contribution in [3.63, 3.8) is 0 Å². The van der Waals surface area contributed by atoms with Crippen LogP contribution in [0.3, 0.4) is 0 Å². The van der Waals surface area contributed by atoms with Crippen LogP contribution in [0, 0.1) is 0 Å². The lowest BCUT2D eigenvalue weighted by Crippen LogP contribution is -2.05. The minimum Gasteiger partial charge on any atom is -0.476 e. The van der Waals surface area contributed by atoms with Gasteiger partial charge in [-0.25, -0.2) is 9.48 Å². The fourth-order valence-electron chi connectivity index (χ4n) is 1.86. The Kier molecular flexibility index (Phi) is 5.11. The number of carbonyl (C=O) groups is 1. The third-order valence-corrected chi connectivity index (χ3v) is 3.26. The summed E-state index contributed by atoms with van der Waals surface area (Å²) >= 11 is 5.83. The highest BCUT2D eigenvalue weighted by atomic mass is 35.5. The van der Waals surface area contributed by atoms with Crippen LogP contribution >= 0.6 is 11.6 Å². The number of halogens is 1. The molecule has 1 aromatic heterocycles. The number of benzene rings is 1. The van der Waals surface area contributed by atoms with Crippen molar-refractivity contribution in [3.8, 4) is 0 Å². The van der Waals surface area contributed by atoms with Gasteiger partial charge in [-0.05, 0) is 30.2 Å². The van der Waals surface area contributed by atoms with E-state index >= 15 is 0 Å². The van der Waals surface area contributed by atoms with Gasteiger partial charge in [-0.1, -0.05) is 48.4 Å². The Balaban J connectivity index is 2.29. The number of unbranched alkanes of at least 4 members (excludes halogenated alkanes) is 1. The van der Waals surface area contributed by atoms with Crippen LogP contribution in [0.15, 0.2) is 24.3 Å². The highest BCUT2D eigenvalue weighted by Crippen LogP contribution is 2.15. The van der Waals surface area contributed by atoms with E-state index in [1.165, 1.54) is 0 Å². The van der Waals surface area contributed by atoms with Crippen LogP contribution in [0.2, 0.25) is 5.02 Å². The number of nitrogens with zero attached hydrogens (tertiary/aromatic N) is 3. The van der Waals surface area contributed by atoms with Crippen LogP contribution < -0.4 is 0 Å². The van der Waals surface area contributed by atoms with Crippen LogP contribution in [0.4, 0.5) is 0 Å². The predicted octanol–water partition coefficient (Wildman–Crippen LogP) is 3.60. The molecular weight excluding hydrogens is 290 g/mol. The third-order valence-electron chi connectivity index (χ3n) is 3.00. The second-order valence-electron chi connectivity index (χ2n) is 4.59. The molecule has 6 heteroatoms. The molecule has 0 aliphatic carbocycles. The average Bonchev–Trinajstić information content (AvgIpc) is 2.87. The first kappa shape index (κ1) is 15.3. The Morgan fingerprint density at radius 2 is 2.05 bits per heavy atom. The maximum absolute atomic E-state index is 11.2. The molecule has 0 saturated heterocycles. The minimum absolute atomic E-state index is 0.0312. The van der Waals surface area contributed by atoms with Gasteiger partial charge in [0.2, 0.25) is 0 Å². The molecule has 2 rings (SSSR count). The Morgan fingerprint density at radius 3 is 2.67 bits per heavy atom. The Hall–Kier alpha value is -2.14. The maximum atomic E-state index is 11.2. The molecule has 110 valence electrons. The quantitative estimate of drug-likeness (QED) is 0.885. The molecule has 0 bridgehead atoms. The standard InChI is InChI=1S/C15H16ClN3O2/c1-2-3-10-19-13(14(15(20)21)17-18-19)9-6-11-4-7-12(16)8-5-11/h4-9H,2-3,10H2,1H3,(H,20,21)/b9-6+. The van der Waals surface area contributed by atoms with Gasteiger partial charge in [-0.15, -0.1) is 5.10 Å². The van der Waals surface area contributed by atoms with Crippen LogP contribution in [0.1, 0.15) is 41.5 Å². The van der Waals surface area contributed by atoms with Crippen molar-refractivity contribution in [2.24, 2.45) is 0 Å². The zero-order valence-corrected chi connectivity index (χ0v) is 12.4. The van der Waals surface area contributed by atoms with Gasteiger partial charge in [0, 0.05) is 11.6 Å². The van der Waals surface area contributed by atoms with E-state index in [2.05, 4.69) is 17.2 Å². The molecule has 0 amide bonds. The number of aromatic carboxylic acids is 1. The van der Waals surface area contributed by atoms with Gasteiger partial charge >= 0.3 is 5.97 Å². The highest BCUT2D eigenvalue weighted by Gasteiger charge is 2.16. The first-order valence-electron chi connectivity index (χ1n) is 6.72. The second-order valence-corrected chi connectivity index (χ2v) is 5.03. The molecule has 5 nitrogen and oxygen atoms in total. The summed E-state index contributed by atoms with van der Waals surface area (Å²) in [5, 5.41) is 17.5. The summed E-state index contributed by atoms with van der Waals surface area (Å²) in [6.07, 6.45) is 5.47. The lowest BCUT2D eigenvalue weighted by molar-refractivity contribution is 0.0690. The first-order valence-corrected chi connectivity index (χ1v) is 7.10. The average molecular weight is 306 g/mol. The number of hydrogen-bond donors (Lipinski definition) is 1. The number of carboxylic acids is 1. The maximum Gasteiger partial charge on any atom is 0.358 e. The SMILES string of the molecule is CCCCn1nnc(C(=O)O)c1/C=C/c1ccc(Cl)cc1. The van der Waals surface area contributed by atoms with E-state index in [0.29, 0.717) is 17.3 Å². The number of aryl methyl sites for hydroxylation is 1. The van der Waals surface area contributed by atoms with Gasteiger partial charge < -0.3 is 5.11 Å². The van der Waals surface area contributed by atoms with Crippen LogP contribution in [-0.4, -0.2) is 26.1 Å². The smallest absolute Gasteiger partial charge is 0.358 e. The van der Waals surface area contributed by atoms with Crippen molar-refractivity contribution >= 4 is 29.7 Å². The predicted molar refractivity (Wildman–Crippen MR) is 82.3 cm³/mol. The molecule has 1 N–H and O–H groups in total. The van der Waals surface area contributed by atoms with E-state index in [4.69, 9.17) is 11.6 Å². The summed E-state index contributed by atoms with van der Waals surface area (Å²) in [5.74, 6) is -1.08. The van der Waals surface area contributed by atoms with Gasteiger partial charge in [0.05, 0.1) is 5.69 Å². The molecule has 1 heterocycles. The van der Waals surface area contributed by atoms with E-state index in [0.717, 1.165) is 18.4 Å². The number of rotatable bonds is 6. The number of carboxylic acid groups (broad SMARTS) is 1. The number of aromatic nitrogens is 3. The van der Waals surface area contributed by atoms with Gasteiger partial charge in [0.25, 0.3) is 0 Å². The van der Waals surface area contributed by atoms with Crippen LogP contribution in [-0.2, 0) is 6.54 Å². The lowest BCUT2D eigenvalue weighted by atomic mass is 10.2. The Labute approximate surface area is 127 Å². The normalized spacial score (nSPS) is 11.1. The molecule has 0 fully saturated rings. The largest absolute Gasteiger partial charge is 0.476 e. The molecule has 0 saturated carbocycles. The molecule has 0 spiro atoms. The van der Waals surface area contributed by atoms with Crippen molar-refractivity contribution in [2.75, 3.05) is 0 Å². The summed E-state index contributed by atoms with van der Waals surface area (Å²) in [6, 6.07) is 7.29. The molecule has 0 radical (unpaired) electrons. The van der Waals surface area contributed by atoms with Crippen molar-refractivity contribution in [1.82, 2.24) is 15.0 Å². The van der Waals surface area contributed by atoms with E-state index in [1.54, 1.807) is 22.9 Å². The topological polar surface area (TPSA) is 68.0 Å². The first-order chi connectivity index (χ1) is 10.1. The van der Waals surface area contributed by atoms with Gasteiger partial charge in [-0.2, -0.15) is 0 Å². The Bertz CT molecular complexity index is 647. The van der Waals surface area contributed by atoms with Gasteiger partial charge in [0.1, 0.15) is 0 Å². The molecule has 1 aromatic carbocycles. The van der Waals surface area contributed by atoms with Crippen molar-refractivity contribution in [3.05, 3.63) is 46.2 Å². The summed E-state index contributed by atoms with van der Waals surface area (Å²) in [7, 11) is 0. The number of hydrogen-bond acceptors (Lipinski definition) is 3. The molecule has 0 atom stereocenters. The lowest BCUT2D eigenvalue weighted by Gasteiger charge is -2.02. The fourth-order valence-corrected chi connectivity index (χ4v) is 1.99. The van der Waals surface area contributed by atoms with E-state index in [-0.39, 0.29) is 5.69 Å². The Morgan fingerprint density at radius 1 is 1.33 bits per heavy atom. The molecular formula is C15H16ClN3O2. The summed E-state index contributed by atoms with van der Waals surface area (Å²) < 4.78 is 1.62. The third kappa shape index (κ3) is 3.92. The van der Waals surface area contributed by atoms with Crippen molar-refractivity contribution in [2.45, 2.75) is 26.3 Å². The van der Waals surface area contributed by atoms with Crippen molar-refractivity contribution in [1.29, 1.82) is 0 Å². The van der Waals surface area contributed by atoms with Crippen LogP contribution in [0.5, 0.6) is 0 Å². The molecule has 21 heavy (non-hydrogen) atoms. The fraction of sp³-hybridized carbons (Fsp3) is 0.267. The zero-order valence-electron chi connectivity index (χ0n) is 11.7. The van der Waals surface area contributed by atoms with Gasteiger partial charge in [0.15, 0.2) is 5.69 Å². The second kappa shape index (κ2) is 7.04. The summed E-state index contributed by atoms with van der Waals surface area (Å²) in [6.45, 7) is 2.72. The van der Waals surface area contributed by atoms with Crippen LogP contribution in [0.25, 0.3) is 12.2 Å². The summed E-state index contributed by atoms with van der Waals surface area (Å²) in [4.78, 5) is 11.2. The van der Waals surface area contributed by atoms with Gasteiger partial charge in [-0.3, -0.25) is 0 Å². The zero-order chi connectivity index (χ0) is 15.2. The molecule has 0 aliphatic rings. The van der Waals surface area contributed by atoms with E-state index < -0.39 is 5.97 Å². The molecule has 2 aromatic rings. The highest BCUT2D eigenvalue weighted by molar-refractivity contribution is 6.30. The molecule has 0 aliphatic heterocycles. The van der Waals surface area contributed by atoms with E-state index in [1.807, 2.05) is 18.2 Å². The summed E-state index contributed by atoms with van der Waals surface area (Å²) in [5.41, 5.74) is 1.40. The van der Waals surface area contributed by atoms with E-state index in [9.17, 15) is 9.90 Å². The monoisotopic (exact) mass is 305 g/mol.